The number of Topliss-reactive ketones (excluding diaryl/α,β-unsaturated/α-hetero) is 2. The van der Waals surface area contributed by atoms with E-state index in [-0.39, 0.29) is 54.2 Å². The van der Waals surface area contributed by atoms with Gasteiger partial charge in [0.2, 0.25) is 0 Å². The second-order valence-corrected chi connectivity index (χ2v) is 17.6. The van der Waals surface area contributed by atoms with Gasteiger partial charge in [-0.15, -0.1) is 0 Å². The molecule has 19 heteroatoms. The van der Waals surface area contributed by atoms with E-state index in [1.54, 1.807) is 57.7 Å². The lowest BCUT2D eigenvalue weighted by Crippen LogP contribution is -2.52. The molecule has 0 unspecified atom stereocenters. The molecule has 3 N–H and O–H groups in total. The maximum absolute atomic E-state index is 15.2. The van der Waals surface area contributed by atoms with Gasteiger partial charge in [-0.25, -0.2) is 18.4 Å². The smallest absolute Gasteiger partial charge is 0.324 e. The van der Waals surface area contributed by atoms with Gasteiger partial charge in [-0.3, -0.25) is 34.2 Å². The first kappa shape index (κ1) is 52.9. The summed E-state index contributed by atoms with van der Waals surface area (Å²) < 4.78 is 54.9. The molecule has 0 atom stereocenters. The van der Waals surface area contributed by atoms with Crippen LogP contribution in [0.2, 0.25) is 0 Å². The van der Waals surface area contributed by atoms with Gasteiger partial charge in [0.15, 0.2) is 11.6 Å². The van der Waals surface area contributed by atoms with Crippen molar-refractivity contribution < 1.29 is 41.5 Å². The van der Waals surface area contributed by atoms with E-state index >= 15 is 4.39 Å². The third-order valence-electron chi connectivity index (χ3n) is 12.5. The van der Waals surface area contributed by atoms with Gasteiger partial charge < -0.3 is 30.7 Å². The molecular weight excluding hydrogens is 945 g/mol. The fourth-order valence-corrected chi connectivity index (χ4v) is 8.15. The molecule has 2 fully saturated rings. The Morgan fingerprint density at radius 2 is 1.00 bits per heavy atom. The van der Waals surface area contributed by atoms with Crippen molar-refractivity contribution in [2.24, 2.45) is 5.73 Å². The van der Waals surface area contributed by atoms with Crippen LogP contribution >= 0.6 is 0 Å². The van der Waals surface area contributed by atoms with Crippen molar-refractivity contribution >= 4 is 40.9 Å². The molecule has 2 aliphatic rings. The molecule has 2 aromatic heterocycles. The number of amides is 5. The summed E-state index contributed by atoms with van der Waals surface area (Å²) >= 11 is 0. The molecule has 8 rings (SSSR count). The predicted octanol–water partition coefficient (Wildman–Crippen LogP) is 7.23. The predicted molar refractivity (Wildman–Crippen MR) is 270 cm³/mol. The van der Waals surface area contributed by atoms with Crippen molar-refractivity contribution in [3.63, 3.8) is 0 Å². The van der Waals surface area contributed by atoms with Gasteiger partial charge in [0.25, 0.3) is 5.91 Å². The topological polar surface area (TPSA) is 169 Å². The van der Waals surface area contributed by atoms with E-state index in [1.807, 2.05) is 86.1 Å². The van der Waals surface area contributed by atoms with Crippen LogP contribution in [0.1, 0.15) is 31.8 Å². The number of nitrogens with zero attached hydrogens (tertiary/aromatic N) is 8. The Labute approximate surface area is 420 Å². The number of hydrogen-bond acceptors (Lipinski definition) is 10. The summed E-state index contributed by atoms with van der Waals surface area (Å²) in [5, 5.41) is 1.81. The number of rotatable bonds is 14. The second-order valence-electron chi connectivity index (χ2n) is 17.6. The SMILES string of the molecule is CN1CCN(C(=O)N(Cc2ccc(C(=O)CN)cc2F)c2cccc(-c3cccnc3)c2)CC1.CN1CCN(C(=O)N(Cc2ccc(C(=O)CNC(=O)C(F)F)cc2F)c2cccc(-c3cccnc3)c2)CC1. The Hall–Kier alpha value is -7.87. The molecule has 2 saturated heterocycles. The van der Waals surface area contributed by atoms with Gasteiger partial charge >= 0.3 is 18.5 Å². The third kappa shape index (κ3) is 14.0. The highest BCUT2D eigenvalue weighted by molar-refractivity contribution is 6.00. The Morgan fingerprint density at radius 3 is 1.38 bits per heavy atom. The molecular formula is C54H56F4N10O5. The lowest BCUT2D eigenvalue weighted by Gasteiger charge is -2.36. The molecule has 0 saturated carbocycles. The van der Waals surface area contributed by atoms with Gasteiger partial charge in [0.1, 0.15) is 11.6 Å². The lowest BCUT2D eigenvalue weighted by molar-refractivity contribution is -0.131. The van der Waals surface area contributed by atoms with E-state index in [0.29, 0.717) is 56.2 Å². The first-order valence-electron chi connectivity index (χ1n) is 23.6. The van der Waals surface area contributed by atoms with Crippen LogP contribution in [0.25, 0.3) is 22.3 Å². The summed E-state index contributed by atoms with van der Waals surface area (Å²) in [5.74, 6) is -3.91. The monoisotopic (exact) mass is 1000 g/mol. The van der Waals surface area contributed by atoms with E-state index in [0.717, 1.165) is 41.4 Å². The summed E-state index contributed by atoms with van der Waals surface area (Å²) in [6, 6.07) is 30.0. The standard InChI is InChI=1S/C28H28F3N5O3.C26H28FN5O2/c1-34-10-12-35(13-11-34)28(39)36(23-6-2-4-19(14-23)21-5-3-9-32-16-21)18-22-8-7-20(15-24(22)29)25(37)17-33-27(38)26(30)31;1-30-10-12-31(13-11-30)26(34)32(18-22-8-7-20(15-24(22)27)25(33)16-28)23-6-2-4-19(14-23)21-5-3-9-29-17-21/h2-9,14-16,26H,10-13,17-18H2,1H3,(H,33,38);2-9,14-15,17H,10-13,16,18,28H2,1H3. The van der Waals surface area contributed by atoms with E-state index in [9.17, 15) is 37.1 Å². The van der Waals surface area contributed by atoms with Gasteiger partial charge in [-0.1, -0.05) is 60.7 Å². The fourth-order valence-electron chi connectivity index (χ4n) is 8.15. The minimum atomic E-state index is -3.25. The number of piperazine rings is 2. The first-order chi connectivity index (χ1) is 35.2. The number of carbonyl (C=O) groups excluding carboxylic acids is 5. The number of pyridine rings is 2. The number of aromatic nitrogens is 2. The summed E-state index contributed by atoms with van der Waals surface area (Å²) in [4.78, 5) is 81.7. The number of nitrogens with one attached hydrogen (secondary N) is 1. The molecule has 5 amide bonds. The van der Waals surface area contributed by atoms with Crippen LogP contribution in [0.5, 0.6) is 0 Å². The summed E-state index contributed by atoms with van der Waals surface area (Å²) in [6.07, 6.45) is 3.60. The van der Waals surface area contributed by atoms with Crippen molar-refractivity contribution in [1.82, 2.24) is 34.9 Å². The number of hydrogen-bond donors (Lipinski definition) is 2. The van der Waals surface area contributed by atoms with Crippen LogP contribution in [0.3, 0.4) is 0 Å². The van der Waals surface area contributed by atoms with Crippen LogP contribution in [-0.4, -0.2) is 145 Å². The molecule has 4 heterocycles. The minimum Gasteiger partial charge on any atom is -0.344 e. The molecule has 4 aromatic carbocycles. The molecule has 2 aliphatic heterocycles. The number of urea groups is 2. The highest BCUT2D eigenvalue weighted by atomic mass is 19.3. The van der Waals surface area contributed by atoms with Crippen LogP contribution in [0, 0.1) is 11.6 Å². The van der Waals surface area contributed by atoms with Crippen molar-refractivity contribution in [3.05, 3.63) is 168 Å². The van der Waals surface area contributed by atoms with Gasteiger partial charge in [0.05, 0.1) is 26.2 Å². The Morgan fingerprint density at radius 1 is 0.575 bits per heavy atom. The zero-order valence-corrected chi connectivity index (χ0v) is 40.5. The molecule has 0 radical (unpaired) electrons. The average molecular weight is 1000 g/mol. The molecule has 0 bridgehead atoms. The van der Waals surface area contributed by atoms with Crippen molar-refractivity contribution in [2.45, 2.75) is 19.5 Å². The largest absolute Gasteiger partial charge is 0.344 e. The van der Waals surface area contributed by atoms with Crippen molar-refractivity contribution in [1.29, 1.82) is 0 Å². The summed E-state index contributed by atoms with van der Waals surface area (Å²) in [7, 11) is 4.00. The van der Waals surface area contributed by atoms with Crippen LogP contribution in [0.4, 0.5) is 38.5 Å². The first-order valence-corrected chi connectivity index (χ1v) is 23.6. The van der Waals surface area contributed by atoms with Gasteiger partial charge in [0, 0.05) is 122 Å². The number of anilines is 2. The number of nitrogens with two attached hydrogens (primary N) is 1. The van der Waals surface area contributed by atoms with E-state index < -0.39 is 36.3 Å². The lowest BCUT2D eigenvalue weighted by atomic mass is 10.1. The van der Waals surface area contributed by atoms with Crippen molar-refractivity contribution in [3.8, 4) is 22.3 Å². The number of ketones is 2. The number of halogens is 4. The summed E-state index contributed by atoms with van der Waals surface area (Å²) in [5.41, 5.74) is 10.8. The molecule has 380 valence electrons. The normalized spacial score (nSPS) is 14.0. The molecule has 0 spiro atoms. The van der Waals surface area contributed by atoms with Crippen LogP contribution < -0.4 is 20.9 Å². The minimum absolute atomic E-state index is 0.0323. The van der Waals surface area contributed by atoms with Crippen LogP contribution in [-0.2, 0) is 17.9 Å². The zero-order valence-electron chi connectivity index (χ0n) is 40.5. The quantitative estimate of drug-likeness (QED) is 0.0840. The van der Waals surface area contributed by atoms with Gasteiger partial charge in [-0.05, 0) is 73.8 Å². The Kier molecular flexibility index (Phi) is 18.1. The number of benzene rings is 4. The number of likely N-dealkylation sites (N-methyl/N-ethyl adjacent to an activating group) is 2. The zero-order chi connectivity index (χ0) is 52.0. The average Bonchev–Trinajstić information content (AvgIpc) is 3.42. The second kappa shape index (κ2) is 25.0. The highest BCUT2D eigenvalue weighted by Crippen LogP contribution is 2.29. The summed E-state index contributed by atoms with van der Waals surface area (Å²) in [6.45, 7) is 4.27. The number of alkyl halides is 2. The van der Waals surface area contributed by atoms with E-state index in [2.05, 4.69) is 19.8 Å². The van der Waals surface area contributed by atoms with E-state index in [1.165, 1.54) is 23.1 Å². The molecule has 73 heavy (non-hydrogen) atoms. The van der Waals surface area contributed by atoms with E-state index in [4.69, 9.17) is 5.73 Å². The molecule has 0 aliphatic carbocycles. The Bertz CT molecular complexity index is 2880. The molecule has 15 nitrogen and oxygen atoms in total. The maximum Gasteiger partial charge on any atom is 0.324 e. The fraction of sp³-hybridized carbons (Fsp3) is 0.278. The van der Waals surface area contributed by atoms with Crippen LogP contribution in [0.15, 0.2) is 134 Å². The highest BCUT2D eigenvalue weighted by Gasteiger charge is 2.29. The Balaban J connectivity index is 0.000000216. The maximum atomic E-state index is 15.2. The molecule has 6 aromatic rings. The number of carbonyl (C=O) groups is 5. The third-order valence-corrected chi connectivity index (χ3v) is 12.5. The van der Waals surface area contributed by atoms with Gasteiger partial charge in [-0.2, -0.15) is 8.78 Å². The van der Waals surface area contributed by atoms with Crippen molar-refractivity contribution in [2.75, 3.05) is 89.3 Å².